The van der Waals surface area contributed by atoms with Crippen molar-refractivity contribution < 1.29 is 14.5 Å². The molecule has 7 heteroatoms. The van der Waals surface area contributed by atoms with Gasteiger partial charge in [-0.15, -0.1) is 0 Å². The standard InChI is InChI=1S/C20H21N3O4/c1-12(2)13-4-6-14(7-5-13)22-19(24)21-17-11-20(22,3)27-18-9-8-15(23(25)26)10-16(17)18/h4-10,12,17H,11H2,1-3H3,(H,21,24)/t17-,20-/m0/s1. The van der Waals surface area contributed by atoms with E-state index in [-0.39, 0.29) is 17.8 Å². The molecule has 140 valence electrons. The summed E-state index contributed by atoms with van der Waals surface area (Å²) in [7, 11) is 0. The number of anilines is 1. The lowest BCUT2D eigenvalue weighted by atomic mass is 9.89. The average molecular weight is 367 g/mol. The molecule has 2 aliphatic heterocycles. The van der Waals surface area contributed by atoms with E-state index in [0.717, 1.165) is 5.69 Å². The van der Waals surface area contributed by atoms with Gasteiger partial charge in [-0.1, -0.05) is 26.0 Å². The maximum absolute atomic E-state index is 12.9. The molecule has 1 N–H and O–H groups in total. The zero-order chi connectivity index (χ0) is 19.3. The van der Waals surface area contributed by atoms with Gasteiger partial charge in [0.2, 0.25) is 0 Å². The predicted octanol–water partition coefficient (Wildman–Crippen LogP) is 4.49. The Bertz CT molecular complexity index is 925. The highest BCUT2D eigenvalue weighted by Gasteiger charge is 2.50. The molecule has 27 heavy (non-hydrogen) atoms. The summed E-state index contributed by atoms with van der Waals surface area (Å²) in [6.45, 7) is 6.11. The van der Waals surface area contributed by atoms with Gasteiger partial charge in [0.05, 0.1) is 11.0 Å². The second-order valence-corrected chi connectivity index (χ2v) is 7.54. The summed E-state index contributed by atoms with van der Waals surface area (Å²) in [4.78, 5) is 25.1. The quantitative estimate of drug-likeness (QED) is 0.640. The van der Waals surface area contributed by atoms with Crippen molar-refractivity contribution in [2.75, 3.05) is 4.90 Å². The number of carbonyl (C=O) groups excluding carboxylic acids is 1. The Balaban J connectivity index is 1.72. The van der Waals surface area contributed by atoms with E-state index < -0.39 is 10.6 Å². The van der Waals surface area contributed by atoms with Gasteiger partial charge < -0.3 is 10.1 Å². The molecule has 2 bridgehead atoms. The van der Waals surface area contributed by atoms with Crippen LogP contribution in [0.1, 0.15) is 50.3 Å². The highest BCUT2D eigenvalue weighted by Crippen LogP contribution is 2.46. The Labute approximate surface area is 157 Å². The normalized spacial score (nSPS) is 23.5. The van der Waals surface area contributed by atoms with E-state index >= 15 is 0 Å². The van der Waals surface area contributed by atoms with E-state index in [1.807, 2.05) is 31.2 Å². The number of rotatable bonds is 3. The molecule has 0 aliphatic carbocycles. The zero-order valence-electron chi connectivity index (χ0n) is 15.4. The molecular weight excluding hydrogens is 346 g/mol. The first kappa shape index (κ1) is 17.3. The molecule has 0 radical (unpaired) electrons. The maximum Gasteiger partial charge on any atom is 0.325 e. The van der Waals surface area contributed by atoms with Gasteiger partial charge in [-0.25, -0.2) is 4.79 Å². The van der Waals surface area contributed by atoms with Crippen LogP contribution in [0.4, 0.5) is 16.2 Å². The van der Waals surface area contributed by atoms with Crippen LogP contribution in [0.15, 0.2) is 42.5 Å². The minimum Gasteiger partial charge on any atom is -0.467 e. The molecule has 7 nitrogen and oxygen atoms in total. The number of nitrogens with one attached hydrogen (secondary N) is 1. The first-order valence-electron chi connectivity index (χ1n) is 8.96. The van der Waals surface area contributed by atoms with E-state index in [1.54, 1.807) is 11.0 Å². The van der Waals surface area contributed by atoms with Crippen LogP contribution in [0.3, 0.4) is 0 Å². The number of fused-ring (bicyclic) bond motifs is 4. The minimum absolute atomic E-state index is 0.0121. The fourth-order valence-electron chi connectivity index (χ4n) is 3.87. The Morgan fingerprint density at radius 2 is 1.96 bits per heavy atom. The van der Waals surface area contributed by atoms with Gasteiger partial charge in [0.1, 0.15) is 5.75 Å². The number of carbonyl (C=O) groups is 1. The first-order valence-corrected chi connectivity index (χ1v) is 8.96. The molecule has 0 aromatic heterocycles. The van der Waals surface area contributed by atoms with Crippen LogP contribution >= 0.6 is 0 Å². The Morgan fingerprint density at radius 1 is 1.26 bits per heavy atom. The minimum atomic E-state index is -0.866. The lowest BCUT2D eigenvalue weighted by Gasteiger charge is -2.50. The number of hydrogen-bond acceptors (Lipinski definition) is 4. The number of ether oxygens (including phenoxy) is 1. The molecule has 0 saturated carbocycles. The summed E-state index contributed by atoms with van der Waals surface area (Å²) >= 11 is 0. The fraction of sp³-hybridized carbons (Fsp3) is 0.350. The average Bonchev–Trinajstić information content (AvgIpc) is 2.61. The summed E-state index contributed by atoms with van der Waals surface area (Å²) in [6, 6.07) is 11.8. The summed E-state index contributed by atoms with van der Waals surface area (Å²) in [6.07, 6.45) is 0.499. The fourth-order valence-corrected chi connectivity index (χ4v) is 3.87. The maximum atomic E-state index is 12.9. The van der Waals surface area contributed by atoms with Crippen LogP contribution in [-0.4, -0.2) is 16.7 Å². The van der Waals surface area contributed by atoms with Crippen molar-refractivity contribution in [3.8, 4) is 5.75 Å². The second kappa shape index (κ2) is 5.97. The predicted molar refractivity (Wildman–Crippen MR) is 101 cm³/mol. The lowest BCUT2D eigenvalue weighted by Crippen LogP contribution is -2.65. The topological polar surface area (TPSA) is 84.7 Å². The third kappa shape index (κ3) is 2.79. The third-order valence-corrected chi connectivity index (χ3v) is 5.28. The van der Waals surface area contributed by atoms with Crippen LogP contribution < -0.4 is 15.0 Å². The van der Waals surface area contributed by atoms with Crippen molar-refractivity contribution in [3.63, 3.8) is 0 Å². The van der Waals surface area contributed by atoms with Gasteiger partial charge in [0, 0.05) is 29.8 Å². The van der Waals surface area contributed by atoms with E-state index in [9.17, 15) is 14.9 Å². The van der Waals surface area contributed by atoms with Crippen LogP contribution in [0.2, 0.25) is 0 Å². The first-order chi connectivity index (χ1) is 12.8. The highest BCUT2D eigenvalue weighted by atomic mass is 16.6. The van der Waals surface area contributed by atoms with Crippen molar-refractivity contribution in [3.05, 3.63) is 63.7 Å². The number of amides is 2. The van der Waals surface area contributed by atoms with Crippen molar-refractivity contribution in [1.29, 1.82) is 0 Å². The lowest BCUT2D eigenvalue weighted by molar-refractivity contribution is -0.385. The van der Waals surface area contributed by atoms with E-state index in [1.165, 1.54) is 17.7 Å². The molecule has 0 spiro atoms. The molecule has 2 aromatic carbocycles. The van der Waals surface area contributed by atoms with E-state index in [0.29, 0.717) is 23.7 Å². The third-order valence-electron chi connectivity index (χ3n) is 5.28. The smallest absolute Gasteiger partial charge is 0.325 e. The van der Waals surface area contributed by atoms with Crippen LogP contribution in [0, 0.1) is 10.1 Å². The molecule has 2 heterocycles. The van der Waals surface area contributed by atoms with Crippen LogP contribution in [0.5, 0.6) is 5.75 Å². The molecule has 4 rings (SSSR count). The molecule has 0 unspecified atom stereocenters. The second-order valence-electron chi connectivity index (χ2n) is 7.54. The van der Waals surface area contributed by atoms with Crippen molar-refractivity contribution in [2.24, 2.45) is 0 Å². The number of non-ortho nitro benzene ring substituents is 1. The molecule has 1 saturated heterocycles. The number of benzene rings is 2. The van der Waals surface area contributed by atoms with Gasteiger partial charge in [0.15, 0.2) is 5.72 Å². The highest BCUT2D eigenvalue weighted by molar-refractivity contribution is 5.95. The van der Waals surface area contributed by atoms with Crippen LogP contribution in [0.25, 0.3) is 0 Å². The zero-order valence-corrected chi connectivity index (χ0v) is 15.4. The molecular formula is C20H21N3O4. The SMILES string of the molecule is CC(C)c1ccc(N2C(=O)N[C@H]3C[C@]2(C)Oc2ccc([N+](=O)[O-])cc23)cc1. The van der Waals surface area contributed by atoms with Gasteiger partial charge >= 0.3 is 6.03 Å². The molecule has 2 aliphatic rings. The number of nitro benzene ring substituents is 1. The Morgan fingerprint density at radius 3 is 2.59 bits per heavy atom. The summed E-state index contributed by atoms with van der Waals surface area (Å²) in [5.41, 5.74) is 1.71. The largest absolute Gasteiger partial charge is 0.467 e. The molecule has 2 atom stereocenters. The van der Waals surface area contributed by atoms with E-state index in [2.05, 4.69) is 19.2 Å². The summed E-state index contributed by atoms with van der Waals surface area (Å²) in [5.74, 6) is 0.964. The van der Waals surface area contributed by atoms with Crippen molar-refractivity contribution in [1.82, 2.24) is 5.32 Å². The number of hydrogen-bond donors (Lipinski definition) is 1. The van der Waals surface area contributed by atoms with Gasteiger partial charge in [0.25, 0.3) is 5.69 Å². The van der Waals surface area contributed by atoms with Gasteiger partial charge in [-0.3, -0.25) is 15.0 Å². The van der Waals surface area contributed by atoms with Gasteiger partial charge in [-0.05, 0) is 36.6 Å². The summed E-state index contributed by atoms with van der Waals surface area (Å²) < 4.78 is 6.18. The van der Waals surface area contributed by atoms with Crippen molar-refractivity contribution >= 4 is 17.4 Å². The van der Waals surface area contributed by atoms with E-state index in [4.69, 9.17) is 4.74 Å². The van der Waals surface area contributed by atoms with Gasteiger partial charge in [-0.2, -0.15) is 0 Å². The number of nitrogens with zero attached hydrogens (tertiary/aromatic N) is 2. The molecule has 1 fully saturated rings. The Hall–Kier alpha value is -3.09. The summed E-state index contributed by atoms with van der Waals surface area (Å²) in [5, 5.41) is 14.0. The monoisotopic (exact) mass is 367 g/mol. The van der Waals surface area contributed by atoms with Crippen LogP contribution in [-0.2, 0) is 0 Å². The number of urea groups is 1. The number of nitro groups is 1. The van der Waals surface area contributed by atoms with Crippen molar-refractivity contribution in [2.45, 2.75) is 44.9 Å². The molecule has 2 aromatic rings. The molecule has 2 amide bonds. The Kier molecular flexibility index (Phi) is 3.83.